The Kier molecular flexibility index (Phi) is 5.48. The number of pyridine rings is 1. The number of nitrogens with zero attached hydrogens (tertiary/aromatic N) is 2. The number of amidine groups is 1. The van der Waals surface area contributed by atoms with E-state index in [4.69, 9.17) is 21.3 Å². The van der Waals surface area contributed by atoms with E-state index in [1.165, 1.54) is 0 Å². The molecule has 6 heteroatoms. The van der Waals surface area contributed by atoms with Gasteiger partial charge in [-0.05, 0) is 59.7 Å². The Bertz CT molecular complexity index is 1290. The molecular formula is C26H21ClN4O. The number of aromatic nitrogens is 1. The van der Waals surface area contributed by atoms with Gasteiger partial charge in [-0.2, -0.15) is 0 Å². The van der Waals surface area contributed by atoms with Crippen LogP contribution in [-0.4, -0.2) is 17.9 Å². The molecule has 1 aromatic heterocycles. The lowest BCUT2D eigenvalue weighted by molar-refractivity contribution is 0.415. The fourth-order valence-electron chi connectivity index (χ4n) is 3.72. The smallest absolute Gasteiger partial charge is 0.148 e. The van der Waals surface area contributed by atoms with Crippen LogP contribution in [0.1, 0.15) is 17.3 Å². The van der Waals surface area contributed by atoms with Crippen molar-refractivity contribution in [1.29, 1.82) is 0 Å². The van der Waals surface area contributed by atoms with E-state index in [0.29, 0.717) is 5.02 Å². The third-order valence-electron chi connectivity index (χ3n) is 5.32. The van der Waals surface area contributed by atoms with Gasteiger partial charge in [0.15, 0.2) is 0 Å². The molecule has 0 amide bonds. The van der Waals surface area contributed by atoms with Crippen molar-refractivity contribution in [3.63, 3.8) is 0 Å². The Labute approximate surface area is 191 Å². The van der Waals surface area contributed by atoms with Crippen molar-refractivity contribution < 1.29 is 4.74 Å². The SMILES string of the molecule is COc1cccc(-c2ccc3c(c2)C(Nc2cccc(Cl)c2)=NC(c2cccnc2)N3)c1. The van der Waals surface area contributed by atoms with Crippen LogP contribution in [-0.2, 0) is 0 Å². The zero-order valence-electron chi connectivity index (χ0n) is 17.4. The highest BCUT2D eigenvalue weighted by Gasteiger charge is 2.22. The van der Waals surface area contributed by atoms with Crippen molar-refractivity contribution in [1.82, 2.24) is 4.98 Å². The Morgan fingerprint density at radius 1 is 0.938 bits per heavy atom. The minimum atomic E-state index is -0.249. The van der Waals surface area contributed by atoms with E-state index < -0.39 is 0 Å². The lowest BCUT2D eigenvalue weighted by Gasteiger charge is -2.27. The van der Waals surface area contributed by atoms with Crippen LogP contribution in [0.2, 0.25) is 5.02 Å². The summed E-state index contributed by atoms with van der Waals surface area (Å²) in [5, 5.41) is 7.65. The second kappa shape index (κ2) is 8.73. The summed E-state index contributed by atoms with van der Waals surface area (Å²) in [5.74, 6) is 1.58. The molecule has 3 aromatic carbocycles. The third-order valence-corrected chi connectivity index (χ3v) is 5.55. The van der Waals surface area contributed by atoms with Crippen LogP contribution in [0.3, 0.4) is 0 Å². The van der Waals surface area contributed by atoms with Crippen LogP contribution >= 0.6 is 11.6 Å². The maximum absolute atomic E-state index is 6.21. The molecule has 0 aliphatic carbocycles. The quantitative estimate of drug-likeness (QED) is 0.386. The van der Waals surface area contributed by atoms with Crippen molar-refractivity contribution in [2.24, 2.45) is 4.99 Å². The first-order valence-electron chi connectivity index (χ1n) is 10.3. The minimum Gasteiger partial charge on any atom is -0.497 e. The highest BCUT2D eigenvalue weighted by molar-refractivity contribution is 6.31. The standard InChI is InChI=1S/C26H21ClN4O/c1-32-22-9-2-5-17(13-22)18-10-11-24-23(14-18)26(29-21-8-3-7-20(27)15-21)31-25(30-24)19-6-4-12-28-16-19/h2-16,25,30H,1H3,(H,29,31). The number of halogens is 1. The summed E-state index contributed by atoms with van der Waals surface area (Å²) in [6.07, 6.45) is 3.34. The van der Waals surface area contributed by atoms with E-state index in [2.05, 4.69) is 39.9 Å². The molecular weight excluding hydrogens is 420 g/mol. The van der Waals surface area contributed by atoms with Crippen molar-refractivity contribution in [2.45, 2.75) is 6.17 Å². The monoisotopic (exact) mass is 440 g/mol. The summed E-state index contributed by atoms with van der Waals surface area (Å²) < 4.78 is 5.40. The van der Waals surface area contributed by atoms with Crippen LogP contribution in [0.4, 0.5) is 11.4 Å². The summed E-state index contributed by atoms with van der Waals surface area (Å²) in [7, 11) is 1.67. The zero-order valence-corrected chi connectivity index (χ0v) is 18.2. The van der Waals surface area contributed by atoms with Crippen LogP contribution in [0, 0.1) is 0 Å². The summed E-state index contributed by atoms with van der Waals surface area (Å²) in [6.45, 7) is 0. The van der Waals surface area contributed by atoms with Gasteiger partial charge in [-0.3, -0.25) is 4.98 Å². The predicted octanol–water partition coefficient (Wildman–Crippen LogP) is 6.39. The summed E-state index contributed by atoms with van der Waals surface area (Å²) in [4.78, 5) is 9.22. The number of hydrogen-bond acceptors (Lipinski definition) is 5. The van der Waals surface area contributed by atoms with Crippen molar-refractivity contribution >= 4 is 28.8 Å². The lowest BCUT2D eigenvalue weighted by Crippen LogP contribution is -2.25. The maximum Gasteiger partial charge on any atom is 0.148 e. The molecule has 32 heavy (non-hydrogen) atoms. The second-order valence-electron chi connectivity index (χ2n) is 7.44. The Morgan fingerprint density at radius 2 is 1.81 bits per heavy atom. The molecule has 158 valence electrons. The van der Waals surface area contributed by atoms with Gasteiger partial charge in [0, 0.05) is 39.9 Å². The number of rotatable bonds is 4. The zero-order chi connectivity index (χ0) is 21.9. The average Bonchev–Trinajstić information content (AvgIpc) is 2.84. The molecule has 0 bridgehead atoms. The molecule has 0 saturated carbocycles. The van der Waals surface area contributed by atoms with Gasteiger partial charge in [0.25, 0.3) is 0 Å². The summed E-state index contributed by atoms with van der Waals surface area (Å²) >= 11 is 6.21. The van der Waals surface area contributed by atoms with Gasteiger partial charge in [-0.15, -0.1) is 0 Å². The van der Waals surface area contributed by atoms with Gasteiger partial charge in [0.2, 0.25) is 0 Å². The first-order valence-corrected chi connectivity index (χ1v) is 10.6. The number of hydrogen-bond donors (Lipinski definition) is 2. The largest absolute Gasteiger partial charge is 0.497 e. The van der Waals surface area contributed by atoms with Gasteiger partial charge < -0.3 is 15.4 Å². The highest BCUT2D eigenvalue weighted by atomic mass is 35.5. The molecule has 0 saturated heterocycles. The molecule has 2 N–H and O–H groups in total. The van der Waals surface area contributed by atoms with Crippen molar-refractivity contribution in [2.75, 3.05) is 17.7 Å². The lowest BCUT2D eigenvalue weighted by atomic mass is 9.99. The first kappa shape index (κ1) is 20.1. The maximum atomic E-state index is 6.21. The minimum absolute atomic E-state index is 0.249. The number of benzene rings is 3. The van der Waals surface area contributed by atoms with E-state index in [0.717, 1.165) is 45.2 Å². The number of ether oxygens (including phenoxy) is 1. The number of methoxy groups -OCH3 is 1. The first-order chi connectivity index (χ1) is 15.7. The second-order valence-corrected chi connectivity index (χ2v) is 7.88. The molecule has 1 aliphatic rings. The molecule has 1 atom stereocenters. The van der Waals surface area contributed by atoms with Gasteiger partial charge in [0.05, 0.1) is 7.11 Å². The fourth-order valence-corrected chi connectivity index (χ4v) is 3.91. The van der Waals surface area contributed by atoms with Crippen molar-refractivity contribution in [3.8, 4) is 16.9 Å². The molecule has 0 radical (unpaired) electrons. The molecule has 2 heterocycles. The van der Waals surface area contributed by atoms with Crippen LogP contribution in [0.15, 0.2) is 96.2 Å². The van der Waals surface area contributed by atoms with Crippen molar-refractivity contribution in [3.05, 3.63) is 107 Å². The summed E-state index contributed by atoms with van der Waals surface area (Å²) in [5.41, 5.74) is 5.98. The predicted molar refractivity (Wildman–Crippen MR) is 131 cm³/mol. The van der Waals surface area contributed by atoms with E-state index >= 15 is 0 Å². The summed E-state index contributed by atoms with van der Waals surface area (Å²) in [6, 6.07) is 25.9. The van der Waals surface area contributed by atoms with E-state index in [1.54, 1.807) is 13.3 Å². The number of fused-ring (bicyclic) bond motifs is 1. The van der Waals surface area contributed by atoms with Crippen LogP contribution in [0.5, 0.6) is 5.75 Å². The molecule has 5 rings (SSSR count). The van der Waals surface area contributed by atoms with Crippen LogP contribution in [0.25, 0.3) is 11.1 Å². The molecule has 1 unspecified atom stereocenters. The normalized spacial score (nSPS) is 14.7. The number of anilines is 2. The highest BCUT2D eigenvalue weighted by Crippen LogP contribution is 2.34. The topological polar surface area (TPSA) is 58.5 Å². The van der Waals surface area contributed by atoms with Crippen LogP contribution < -0.4 is 15.4 Å². The van der Waals surface area contributed by atoms with E-state index in [-0.39, 0.29) is 6.17 Å². The molecule has 5 nitrogen and oxygen atoms in total. The van der Waals surface area contributed by atoms with E-state index in [1.807, 2.05) is 60.8 Å². The molecule has 1 aliphatic heterocycles. The Hall–Kier alpha value is -3.83. The van der Waals surface area contributed by atoms with Gasteiger partial charge in [-0.25, -0.2) is 4.99 Å². The molecule has 0 fully saturated rings. The third kappa shape index (κ3) is 4.15. The number of aliphatic imine (C=N–C) groups is 1. The Morgan fingerprint density at radius 3 is 2.62 bits per heavy atom. The van der Waals surface area contributed by atoms with E-state index in [9.17, 15) is 0 Å². The Balaban J connectivity index is 1.58. The van der Waals surface area contributed by atoms with Gasteiger partial charge in [0.1, 0.15) is 17.8 Å². The molecule has 0 spiro atoms. The molecule has 4 aromatic rings. The average molecular weight is 441 g/mol. The fraction of sp³-hybridized carbons (Fsp3) is 0.0769. The van der Waals surface area contributed by atoms with Gasteiger partial charge >= 0.3 is 0 Å². The van der Waals surface area contributed by atoms with Gasteiger partial charge in [-0.1, -0.05) is 41.9 Å². The number of nitrogens with one attached hydrogen (secondary N) is 2.